The molecule has 1 atom stereocenters. The molecule has 1 amide bonds. The third-order valence-electron chi connectivity index (χ3n) is 6.94. The van der Waals surface area contributed by atoms with Crippen LogP contribution in [-0.4, -0.2) is 48.0 Å². The fourth-order valence-electron chi connectivity index (χ4n) is 4.64. The Labute approximate surface area is 243 Å². The minimum Gasteiger partial charge on any atom is -0.433 e. The van der Waals surface area contributed by atoms with Gasteiger partial charge in [0, 0.05) is 33.7 Å². The lowest BCUT2D eigenvalue weighted by Crippen LogP contribution is -2.24. The van der Waals surface area contributed by atoms with Gasteiger partial charge in [0.1, 0.15) is 5.75 Å². The van der Waals surface area contributed by atoms with Crippen molar-refractivity contribution in [1.82, 2.24) is 20.3 Å². The van der Waals surface area contributed by atoms with Crippen molar-refractivity contribution in [3.05, 3.63) is 76.2 Å². The number of hydrogen-bond acceptors (Lipinski definition) is 8. The number of benzene rings is 1. The van der Waals surface area contributed by atoms with Gasteiger partial charge < -0.3 is 14.8 Å². The number of alkyl halides is 3. The number of carbonyl (C=O) groups excluding carboxylic acids is 1. The summed E-state index contributed by atoms with van der Waals surface area (Å²) in [6.07, 6.45) is 3.28. The van der Waals surface area contributed by atoms with Crippen LogP contribution in [0.25, 0.3) is 22.3 Å². The predicted octanol–water partition coefficient (Wildman–Crippen LogP) is 5.35. The van der Waals surface area contributed by atoms with Gasteiger partial charge in [0.15, 0.2) is 0 Å². The highest BCUT2D eigenvalue weighted by molar-refractivity contribution is 7.92. The van der Waals surface area contributed by atoms with E-state index in [0.29, 0.717) is 28.3 Å². The van der Waals surface area contributed by atoms with Crippen molar-refractivity contribution in [1.29, 1.82) is 0 Å². The number of sulfone groups is 1. The molecule has 14 heteroatoms. The van der Waals surface area contributed by atoms with Crippen LogP contribution in [0.3, 0.4) is 0 Å². The molecule has 0 bridgehead atoms. The number of fused-ring (bicyclic) bond motifs is 2. The number of ether oxygens (including phenoxy) is 2. The number of nitrogens with one attached hydrogen (secondary N) is 1. The Morgan fingerprint density at radius 3 is 2.64 bits per heavy atom. The van der Waals surface area contributed by atoms with Gasteiger partial charge in [-0.1, -0.05) is 11.6 Å². The second-order valence-corrected chi connectivity index (χ2v) is 12.3. The summed E-state index contributed by atoms with van der Waals surface area (Å²) in [5, 5.41) is 3.36. The zero-order valence-corrected chi connectivity index (χ0v) is 23.3. The summed E-state index contributed by atoms with van der Waals surface area (Å²) in [6, 6.07) is 10.7. The van der Waals surface area contributed by atoms with Crippen molar-refractivity contribution in [3.8, 4) is 17.1 Å². The molecule has 42 heavy (non-hydrogen) atoms. The molecular weight excluding hydrogens is 597 g/mol. The summed E-state index contributed by atoms with van der Waals surface area (Å²) in [5.74, 6) is -0.507. The smallest absolute Gasteiger partial charge is 0.387 e. The Morgan fingerprint density at radius 2 is 1.88 bits per heavy atom. The van der Waals surface area contributed by atoms with E-state index in [0.717, 1.165) is 24.3 Å². The molecule has 0 unspecified atom stereocenters. The Kier molecular flexibility index (Phi) is 7.50. The molecule has 3 aromatic heterocycles. The van der Waals surface area contributed by atoms with Crippen LogP contribution < -0.4 is 10.1 Å². The van der Waals surface area contributed by atoms with Gasteiger partial charge in [0.25, 0.3) is 5.91 Å². The fourth-order valence-corrected chi connectivity index (χ4v) is 6.32. The highest BCUT2D eigenvalue weighted by atomic mass is 35.5. The second kappa shape index (κ2) is 11.1. The summed E-state index contributed by atoms with van der Waals surface area (Å²) >= 11 is 6.24. The number of aromatic nitrogens is 3. The van der Waals surface area contributed by atoms with Gasteiger partial charge in [0.05, 0.1) is 52.9 Å². The van der Waals surface area contributed by atoms with E-state index in [1.807, 2.05) is 0 Å². The van der Waals surface area contributed by atoms with Crippen molar-refractivity contribution >= 4 is 38.2 Å². The Morgan fingerprint density at radius 1 is 1.12 bits per heavy atom. The summed E-state index contributed by atoms with van der Waals surface area (Å²) in [5.41, 5.74) is 0.282. The maximum atomic E-state index is 14.2. The molecule has 1 aliphatic heterocycles. The van der Waals surface area contributed by atoms with E-state index in [9.17, 15) is 26.4 Å². The van der Waals surface area contributed by atoms with Gasteiger partial charge in [-0.25, -0.2) is 22.8 Å². The first kappa shape index (κ1) is 28.3. The summed E-state index contributed by atoms with van der Waals surface area (Å²) in [6.45, 7) is -3.80. The molecule has 9 nitrogen and oxygen atoms in total. The summed E-state index contributed by atoms with van der Waals surface area (Å²) in [4.78, 5) is 26.1. The van der Waals surface area contributed by atoms with Gasteiger partial charge in [-0.15, -0.1) is 0 Å². The standard InChI is InChI=1S/C28H22ClF3N4O5S/c29-19-7-16(8-24-18(19)12-40-13-25(30)42(24,38)39)27(37)34-11-17-9-22-15(10-33-17)3-4-20(35-22)21-5-6-23(41-28(31)32)26(36-21)14-1-2-14/h3-10,14,25,28H,1-2,11-13H2,(H,34,37)/t25-/m1/s1. The minimum atomic E-state index is -4.39. The van der Waals surface area contributed by atoms with Crippen LogP contribution in [0.1, 0.15) is 46.1 Å². The lowest BCUT2D eigenvalue weighted by atomic mass is 10.1. The number of carbonyl (C=O) groups is 1. The number of hydrogen-bond donors (Lipinski definition) is 1. The summed E-state index contributed by atoms with van der Waals surface area (Å²) < 4.78 is 74.8. The van der Waals surface area contributed by atoms with E-state index < -0.39 is 34.5 Å². The van der Waals surface area contributed by atoms with Crippen LogP contribution in [0.5, 0.6) is 5.75 Å². The van der Waals surface area contributed by atoms with Gasteiger partial charge in [-0.2, -0.15) is 8.78 Å². The molecule has 4 aromatic rings. The van der Waals surface area contributed by atoms with Crippen LogP contribution in [-0.2, 0) is 27.7 Å². The molecule has 2 aliphatic rings. The minimum absolute atomic E-state index is 0.0249. The topological polar surface area (TPSA) is 120 Å². The Bertz CT molecular complexity index is 1820. The molecule has 6 rings (SSSR count). The molecule has 0 saturated heterocycles. The number of nitrogens with zero attached hydrogens (tertiary/aromatic N) is 3. The number of amides is 1. The molecular formula is C28H22ClF3N4O5S. The van der Waals surface area contributed by atoms with E-state index in [1.54, 1.807) is 30.5 Å². The normalized spacial score (nSPS) is 18.0. The van der Waals surface area contributed by atoms with Gasteiger partial charge in [0.2, 0.25) is 15.3 Å². The lowest BCUT2D eigenvalue weighted by Gasteiger charge is -2.12. The Hall–Kier alpha value is -3.81. The molecule has 0 spiro atoms. The molecule has 1 N–H and O–H groups in total. The van der Waals surface area contributed by atoms with Crippen molar-refractivity contribution in [2.24, 2.45) is 0 Å². The van der Waals surface area contributed by atoms with Crippen LogP contribution >= 0.6 is 11.6 Å². The zero-order chi connectivity index (χ0) is 29.6. The molecule has 4 heterocycles. The molecule has 1 aliphatic carbocycles. The van der Waals surface area contributed by atoms with Gasteiger partial charge in [-0.05, 0) is 55.3 Å². The largest absolute Gasteiger partial charge is 0.433 e. The Balaban J connectivity index is 1.23. The van der Waals surface area contributed by atoms with Crippen molar-refractivity contribution in [3.63, 3.8) is 0 Å². The van der Waals surface area contributed by atoms with Gasteiger partial charge >= 0.3 is 6.61 Å². The van der Waals surface area contributed by atoms with Crippen molar-refractivity contribution in [2.75, 3.05) is 6.61 Å². The SMILES string of the molecule is O=C(NCc1cc2nc(-c3ccc(OC(F)F)c(C4CC4)n3)ccc2cn1)c1cc(Cl)c2c(c1)S(=O)(=O)[C@@H](F)COC2. The first-order valence-corrected chi connectivity index (χ1v) is 14.8. The molecule has 1 aromatic carbocycles. The van der Waals surface area contributed by atoms with E-state index in [2.05, 4.69) is 25.0 Å². The molecule has 0 radical (unpaired) electrons. The highest BCUT2D eigenvalue weighted by Gasteiger charge is 2.34. The maximum absolute atomic E-state index is 14.2. The maximum Gasteiger partial charge on any atom is 0.387 e. The molecule has 218 valence electrons. The second-order valence-electron chi connectivity index (χ2n) is 9.89. The van der Waals surface area contributed by atoms with E-state index in [4.69, 9.17) is 16.3 Å². The number of pyridine rings is 3. The third kappa shape index (κ3) is 5.63. The highest BCUT2D eigenvalue weighted by Crippen LogP contribution is 2.44. The predicted molar refractivity (Wildman–Crippen MR) is 146 cm³/mol. The van der Waals surface area contributed by atoms with Crippen molar-refractivity contribution in [2.45, 2.75) is 48.9 Å². The fraction of sp³-hybridized carbons (Fsp3) is 0.286. The molecule has 1 saturated carbocycles. The molecule has 1 fully saturated rings. The zero-order valence-electron chi connectivity index (χ0n) is 21.7. The average molecular weight is 619 g/mol. The summed E-state index contributed by atoms with van der Waals surface area (Å²) in [7, 11) is -4.39. The number of halogens is 4. The van der Waals surface area contributed by atoms with Gasteiger partial charge in [-0.3, -0.25) is 9.78 Å². The van der Waals surface area contributed by atoms with E-state index >= 15 is 0 Å². The number of rotatable bonds is 7. The lowest BCUT2D eigenvalue weighted by molar-refractivity contribution is -0.0507. The van der Waals surface area contributed by atoms with Crippen LogP contribution in [0.2, 0.25) is 5.02 Å². The quantitative estimate of drug-likeness (QED) is 0.294. The first-order chi connectivity index (χ1) is 20.1. The average Bonchev–Trinajstić information content (AvgIpc) is 3.82. The monoisotopic (exact) mass is 618 g/mol. The van der Waals surface area contributed by atoms with Crippen LogP contribution in [0, 0.1) is 0 Å². The van der Waals surface area contributed by atoms with Crippen LogP contribution in [0.4, 0.5) is 13.2 Å². The van der Waals surface area contributed by atoms with Crippen LogP contribution in [0.15, 0.2) is 53.6 Å². The van der Waals surface area contributed by atoms with E-state index in [1.165, 1.54) is 12.1 Å². The third-order valence-corrected chi connectivity index (χ3v) is 9.07. The van der Waals surface area contributed by atoms with E-state index in [-0.39, 0.29) is 45.9 Å². The van der Waals surface area contributed by atoms with Crippen molar-refractivity contribution < 1.29 is 35.9 Å². The first-order valence-electron chi connectivity index (χ1n) is 12.9.